The molecule has 1 aromatic heterocycles. The molecule has 1 aliphatic rings. The fourth-order valence-corrected chi connectivity index (χ4v) is 2.50. The standard InChI is InChI=1S/C15H21N3O3/c1-21-15-12(7-4-8-16-15)9-17-13(19)10-18-14(20)11-5-2-3-6-11/h4,7-8,11H,2-3,5-6,9-10H2,1H3,(H,17,19)(H,18,20). The number of nitrogens with zero attached hydrogens (tertiary/aromatic N) is 1. The van der Waals surface area contributed by atoms with Gasteiger partial charge in [-0.25, -0.2) is 4.98 Å². The summed E-state index contributed by atoms with van der Waals surface area (Å²) in [5.41, 5.74) is 0.801. The van der Waals surface area contributed by atoms with E-state index < -0.39 is 0 Å². The smallest absolute Gasteiger partial charge is 0.239 e. The van der Waals surface area contributed by atoms with Gasteiger partial charge in [0.25, 0.3) is 0 Å². The lowest BCUT2D eigenvalue weighted by atomic mass is 10.1. The van der Waals surface area contributed by atoms with E-state index in [-0.39, 0.29) is 24.3 Å². The first-order chi connectivity index (χ1) is 10.2. The topological polar surface area (TPSA) is 80.3 Å². The molecule has 6 heteroatoms. The van der Waals surface area contributed by atoms with Crippen molar-refractivity contribution in [1.82, 2.24) is 15.6 Å². The van der Waals surface area contributed by atoms with Gasteiger partial charge in [0.15, 0.2) is 0 Å². The van der Waals surface area contributed by atoms with Crippen LogP contribution in [0.2, 0.25) is 0 Å². The first kappa shape index (κ1) is 15.3. The molecule has 1 saturated carbocycles. The second kappa shape index (κ2) is 7.61. The molecule has 114 valence electrons. The summed E-state index contributed by atoms with van der Waals surface area (Å²) in [5.74, 6) is 0.345. The monoisotopic (exact) mass is 291 g/mol. The van der Waals surface area contributed by atoms with E-state index in [1.807, 2.05) is 6.07 Å². The van der Waals surface area contributed by atoms with E-state index in [2.05, 4.69) is 15.6 Å². The van der Waals surface area contributed by atoms with Gasteiger partial charge in [-0.05, 0) is 18.9 Å². The average molecular weight is 291 g/mol. The second-order valence-electron chi connectivity index (χ2n) is 5.15. The number of hydrogen-bond acceptors (Lipinski definition) is 4. The van der Waals surface area contributed by atoms with Crippen molar-refractivity contribution in [3.8, 4) is 5.88 Å². The molecule has 0 unspecified atom stereocenters. The average Bonchev–Trinajstić information content (AvgIpc) is 3.05. The molecule has 1 heterocycles. The van der Waals surface area contributed by atoms with Gasteiger partial charge in [-0.1, -0.05) is 18.9 Å². The minimum absolute atomic E-state index is 0.0118. The third-order valence-corrected chi connectivity index (χ3v) is 3.67. The van der Waals surface area contributed by atoms with Crippen LogP contribution in [0.25, 0.3) is 0 Å². The van der Waals surface area contributed by atoms with E-state index in [0.717, 1.165) is 31.2 Å². The molecule has 0 radical (unpaired) electrons. The van der Waals surface area contributed by atoms with Gasteiger partial charge in [-0.2, -0.15) is 0 Å². The highest BCUT2D eigenvalue weighted by Gasteiger charge is 2.22. The summed E-state index contributed by atoms with van der Waals surface area (Å²) in [6.45, 7) is 0.340. The maximum Gasteiger partial charge on any atom is 0.239 e. The summed E-state index contributed by atoms with van der Waals surface area (Å²) < 4.78 is 5.11. The number of pyridine rings is 1. The number of aromatic nitrogens is 1. The molecular weight excluding hydrogens is 270 g/mol. The van der Waals surface area contributed by atoms with Crippen LogP contribution in [0.15, 0.2) is 18.3 Å². The summed E-state index contributed by atoms with van der Waals surface area (Å²) in [4.78, 5) is 27.6. The van der Waals surface area contributed by atoms with Crippen molar-refractivity contribution in [2.45, 2.75) is 32.2 Å². The number of carbonyl (C=O) groups excluding carboxylic acids is 2. The van der Waals surface area contributed by atoms with Crippen LogP contribution in [0.4, 0.5) is 0 Å². The van der Waals surface area contributed by atoms with Gasteiger partial charge in [-0.3, -0.25) is 9.59 Å². The molecule has 1 fully saturated rings. The van der Waals surface area contributed by atoms with Crippen LogP contribution in [-0.2, 0) is 16.1 Å². The number of hydrogen-bond donors (Lipinski definition) is 2. The molecule has 0 aliphatic heterocycles. The Labute approximate surface area is 124 Å². The highest BCUT2D eigenvalue weighted by molar-refractivity contribution is 5.85. The van der Waals surface area contributed by atoms with Gasteiger partial charge in [0.05, 0.1) is 13.7 Å². The highest BCUT2D eigenvalue weighted by atomic mass is 16.5. The Morgan fingerprint density at radius 3 is 2.81 bits per heavy atom. The first-order valence-corrected chi connectivity index (χ1v) is 7.23. The van der Waals surface area contributed by atoms with E-state index >= 15 is 0 Å². The quantitative estimate of drug-likeness (QED) is 0.820. The van der Waals surface area contributed by atoms with Crippen LogP contribution in [0.1, 0.15) is 31.2 Å². The Bertz CT molecular complexity index is 499. The molecule has 2 N–H and O–H groups in total. The number of nitrogens with one attached hydrogen (secondary N) is 2. The van der Waals surface area contributed by atoms with Crippen LogP contribution >= 0.6 is 0 Å². The van der Waals surface area contributed by atoms with Crippen LogP contribution < -0.4 is 15.4 Å². The van der Waals surface area contributed by atoms with E-state index in [1.165, 1.54) is 7.11 Å². The van der Waals surface area contributed by atoms with Gasteiger partial charge in [0.2, 0.25) is 17.7 Å². The number of ether oxygens (including phenoxy) is 1. The van der Waals surface area contributed by atoms with Crippen LogP contribution in [-0.4, -0.2) is 30.5 Å². The highest BCUT2D eigenvalue weighted by Crippen LogP contribution is 2.24. The third kappa shape index (κ3) is 4.44. The maximum atomic E-state index is 11.8. The Balaban J connectivity index is 1.73. The largest absolute Gasteiger partial charge is 0.481 e. The predicted octanol–water partition coefficient (Wildman–Crippen LogP) is 1.01. The molecule has 0 spiro atoms. The molecule has 2 amide bonds. The molecule has 0 saturated heterocycles. The summed E-state index contributed by atoms with van der Waals surface area (Å²) in [7, 11) is 1.54. The van der Waals surface area contributed by atoms with Crippen molar-refractivity contribution in [2.24, 2.45) is 5.92 Å². The summed E-state index contributed by atoms with van der Waals surface area (Å²) in [6, 6.07) is 3.62. The van der Waals surface area contributed by atoms with Gasteiger partial charge in [0, 0.05) is 24.2 Å². The molecule has 1 aromatic rings. The summed E-state index contributed by atoms with van der Waals surface area (Å²) >= 11 is 0. The Morgan fingerprint density at radius 2 is 2.10 bits per heavy atom. The maximum absolute atomic E-state index is 11.8. The summed E-state index contributed by atoms with van der Waals surface area (Å²) in [5, 5.41) is 5.44. The minimum atomic E-state index is -0.216. The lowest BCUT2D eigenvalue weighted by molar-refractivity contribution is -0.128. The Morgan fingerprint density at radius 1 is 1.33 bits per heavy atom. The van der Waals surface area contributed by atoms with Crippen molar-refractivity contribution < 1.29 is 14.3 Å². The van der Waals surface area contributed by atoms with Crippen LogP contribution in [0.5, 0.6) is 5.88 Å². The molecule has 6 nitrogen and oxygen atoms in total. The molecule has 0 aromatic carbocycles. The van der Waals surface area contributed by atoms with Crippen molar-refractivity contribution >= 4 is 11.8 Å². The predicted molar refractivity (Wildman–Crippen MR) is 77.6 cm³/mol. The van der Waals surface area contributed by atoms with E-state index in [4.69, 9.17) is 4.74 Å². The fraction of sp³-hybridized carbons (Fsp3) is 0.533. The van der Waals surface area contributed by atoms with Crippen molar-refractivity contribution in [1.29, 1.82) is 0 Å². The number of methoxy groups -OCH3 is 1. The number of amides is 2. The molecular formula is C15H21N3O3. The number of rotatable bonds is 6. The van der Waals surface area contributed by atoms with E-state index in [1.54, 1.807) is 12.3 Å². The van der Waals surface area contributed by atoms with Crippen molar-refractivity contribution in [2.75, 3.05) is 13.7 Å². The third-order valence-electron chi connectivity index (χ3n) is 3.67. The summed E-state index contributed by atoms with van der Waals surface area (Å²) in [6.07, 6.45) is 5.70. The lowest BCUT2D eigenvalue weighted by Gasteiger charge is -2.11. The zero-order valence-electron chi connectivity index (χ0n) is 12.2. The normalized spacial score (nSPS) is 14.7. The first-order valence-electron chi connectivity index (χ1n) is 7.23. The molecule has 1 aliphatic carbocycles. The molecule has 2 rings (SSSR count). The second-order valence-corrected chi connectivity index (χ2v) is 5.15. The van der Waals surface area contributed by atoms with Crippen LogP contribution in [0.3, 0.4) is 0 Å². The van der Waals surface area contributed by atoms with Crippen LogP contribution in [0, 0.1) is 5.92 Å². The zero-order valence-corrected chi connectivity index (χ0v) is 12.2. The Kier molecular flexibility index (Phi) is 5.54. The van der Waals surface area contributed by atoms with Gasteiger partial charge in [0.1, 0.15) is 0 Å². The molecule has 0 atom stereocenters. The number of carbonyl (C=O) groups is 2. The van der Waals surface area contributed by atoms with E-state index in [0.29, 0.717) is 12.4 Å². The fourth-order valence-electron chi connectivity index (χ4n) is 2.50. The van der Waals surface area contributed by atoms with Gasteiger partial charge >= 0.3 is 0 Å². The van der Waals surface area contributed by atoms with Crippen molar-refractivity contribution in [3.63, 3.8) is 0 Å². The molecule has 21 heavy (non-hydrogen) atoms. The van der Waals surface area contributed by atoms with Gasteiger partial charge < -0.3 is 15.4 Å². The Hall–Kier alpha value is -2.11. The van der Waals surface area contributed by atoms with Gasteiger partial charge in [-0.15, -0.1) is 0 Å². The van der Waals surface area contributed by atoms with E-state index in [9.17, 15) is 9.59 Å². The SMILES string of the molecule is COc1ncccc1CNC(=O)CNC(=O)C1CCCC1. The zero-order chi connectivity index (χ0) is 15.1. The lowest BCUT2D eigenvalue weighted by Crippen LogP contribution is -2.38. The van der Waals surface area contributed by atoms with Crippen molar-refractivity contribution in [3.05, 3.63) is 23.9 Å². The molecule has 0 bridgehead atoms. The minimum Gasteiger partial charge on any atom is -0.481 e.